The van der Waals surface area contributed by atoms with Crippen LogP contribution in [0.4, 0.5) is 8.78 Å². The van der Waals surface area contributed by atoms with Crippen LogP contribution in [-0.2, 0) is 9.63 Å². The van der Waals surface area contributed by atoms with Gasteiger partial charge in [-0.3, -0.25) is 4.79 Å². The summed E-state index contributed by atoms with van der Waals surface area (Å²) in [5.41, 5.74) is 1.11. The molecule has 0 saturated carbocycles. The molecule has 5 rings (SSSR count). The number of hydrogen-bond acceptors (Lipinski definition) is 8. The smallest absolute Gasteiger partial charge is 0.260 e. The Labute approximate surface area is 210 Å². The monoisotopic (exact) mass is 514 g/mol. The Morgan fingerprint density at radius 1 is 1.19 bits per heavy atom. The standard InChI is InChI=1S/C25H24F2N4O4S/c1-33-24-20(6-3-9-28-24)34-13-22(32)31-10-7-15(8-11-31)25-29-19(14-36-25)18-12-21(35-30-18)23-16(26)4-2-5-17(23)27/h2-6,9,14-15,21H,7-8,10-13H2,1H3. The number of amides is 1. The van der Waals surface area contributed by atoms with Gasteiger partial charge in [0.15, 0.2) is 18.5 Å². The number of carbonyl (C=O) groups excluding carboxylic acids is 1. The third-order valence-corrected chi connectivity index (χ3v) is 7.29. The molecule has 0 bridgehead atoms. The van der Waals surface area contributed by atoms with Gasteiger partial charge in [-0.05, 0) is 37.1 Å². The van der Waals surface area contributed by atoms with Crippen molar-refractivity contribution in [3.63, 3.8) is 0 Å². The summed E-state index contributed by atoms with van der Waals surface area (Å²) in [5, 5.41) is 6.89. The minimum absolute atomic E-state index is 0.0856. The predicted octanol–water partition coefficient (Wildman–Crippen LogP) is 4.48. The molecule has 1 saturated heterocycles. The number of hydrogen-bond donors (Lipinski definition) is 0. The highest BCUT2D eigenvalue weighted by Gasteiger charge is 2.31. The normalized spacial score (nSPS) is 18.0. The third kappa shape index (κ3) is 5.01. The van der Waals surface area contributed by atoms with E-state index in [1.54, 1.807) is 23.2 Å². The Bertz CT molecular complexity index is 1260. The Morgan fingerprint density at radius 2 is 1.97 bits per heavy atom. The van der Waals surface area contributed by atoms with Crippen molar-refractivity contribution in [2.45, 2.75) is 31.3 Å². The van der Waals surface area contributed by atoms with E-state index in [0.717, 1.165) is 17.8 Å². The lowest BCUT2D eigenvalue weighted by atomic mass is 9.97. The van der Waals surface area contributed by atoms with Gasteiger partial charge in [-0.25, -0.2) is 18.7 Å². The number of carbonyl (C=O) groups is 1. The first-order valence-corrected chi connectivity index (χ1v) is 12.4. The Morgan fingerprint density at radius 3 is 2.72 bits per heavy atom. The van der Waals surface area contributed by atoms with E-state index in [1.807, 2.05) is 5.38 Å². The number of piperidine rings is 1. The molecule has 4 heterocycles. The Balaban J connectivity index is 1.14. The average Bonchev–Trinajstić information content (AvgIpc) is 3.58. The summed E-state index contributed by atoms with van der Waals surface area (Å²) in [5.74, 6) is -0.412. The fraction of sp³-hybridized carbons (Fsp3) is 0.360. The molecule has 36 heavy (non-hydrogen) atoms. The number of pyridine rings is 1. The molecule has 8 nitrogen and oxygen atoms in total. The van der Waals surface area contributed by atoms with Crippen LogP contribution < -0.4 is 9.47 Å². The molecule has 188 valence electrons. The minimum atomic E-state index is -0.811. The van der Waals surface area contributed by atoms with Gasteiger partial charge in [0.1, 0.15) is 17.3 Å². The van der Waals surface area contributed by atoms with Gasteiger partial charge in [-0.2, -0.15) is 0 Å². The number of thiazole rings is 1. The molecule has 2 aromatic heterocycles. The molecule has 1 aromatic carbocycles. The fourth-order valence-corrected chi connectivity index (χ4v) is 5.36. The maximum Gasteiger partial charge on any atom is 0.260 e. The van der Waals surface area contributed by atoms with E-state index in [2.05, 4.69) is 10.1 Å². The number of methoxy groups -OCH3 is 1. The first-order chi connectivity index (χ1) is 17.5. The maximum absolute atomic E-state index is 14.1. The molecule has 3 aromatic rings. The van der Waals surface area contributed by atoms with Crippen molar-refractivity contribution in [1.82, 2.24) is 14.9 Å². The van der Waals surface area contributed by atoms with Crippen molar-refractivity contribution < 1.29 is 27.9 Å². The zero-order valence-corrected chi connectivity index (χ0v) is 20.3. The van der Waals surface area contributed by atoms with E-state index >= 15 is 0 Å². The van der Waals surface area contributed by atoms with Crippen molar-refractivity contribution in [3.8, 4) is 11.6 Å². The van der Waals surface area contributed by atoms with Crippen LogP contribution in [0.3, 0.4) is 0 Å². The summed E-state index contributed by atoms with van der Waals surface area (Å²) in [6.07, 6.45) is 2.59. The predicted molar refractivity (Wildman–Crippen MR) is 128 cm³/mol. The number of benzene rings is 1. The van der Waals surface area contributed by atoms with Crippen LogP contribution in [0.1, 0.15) is 47.5 Å². The highest BCUT2D eigenvalue weighted by Crippen LogP contribution is 2.35. The second kappa shape index (κ2) is 10.6. The average molecular weight is 515 g/mol. The van der Waals surface area contributed by atoms with E-state index < -0.39 is 17.7 Å². The Hall–Kier alpha value is -3.60. The molecule has 1 atom stereocenters. The van der Waals surface area contributed by atoms with Crippen molar-refractivity contribution in [2.24, 2.45) is 5.16 Å². The fourth-order valence-electron chi connectivity index (χ4n) is 4.36. The van der Waals surface area contributed by atoms with E-state index in [-0.39, 0.29) is 30.4 Å². The molecular weight excluding hydrogens is 490 g/mol. The quantitative estimate of drug-likeness (QED) is 0.462. The van der Waals surface area contributed by atoms with Crippen LogP contribution in [0.15, 0.2) is 47.1 Å². The molecular formula is C25H24F2N4O4S. The zero-order chi connectivity index (χ0) is 25.1. The van der Waals surface area contributed by atoms with Crippen LogP contribution in [-0.4, -0.2) is 53.3 Å². The number of oxime groups is 1. The maximum atomic E-state index is 14.1. The highest BCUT2D eigenvalue weighted by molar-refractivity contribution is 7.10. The Kier molecular flexibility index (Phi) is 7.08. The van der Waals surface area contributed by atoms with Crippen LogP contribution >= 0.6 is 11.3 Å². The lowest BCUT2D eigenvalue weighted by Crippen LogP contribution is -2.40. The van der Waals surface area contributed by atoms with Crippen LogP contribution in [0, 0.1) is 11.6 Å². The summed E-state index contributed by atoms with van der Waals surface area (Å²) < 4.78 is 39.0. The lowest BCUT2D eigenvalue weighted by Gasteiger charge is -2.31. The van der Waals surface area contributed by atoms with Crippen molar-refractivity contribution in [2.75, 3.05) is 26.8 Å². The highest BCUT2D eigenvalue weighted by atomic mass is 32.1. The summed E-state index contributed by atoms with van der Waals surface area (Å²) in [6.45, 7) is 1.12. The molecule has 2 aliphatic heterocycles. The summed E-state index contributed by atoms with van der Waals surface area (Å²) >= 11 is 1.52. The molecule has 0 radical (unpaired) electrons. The van der Waals surface area contributed by atoms with Gasteiger partial charge < -0.3 is 19.2 Å². The first-order valence-electron chi connectivity index (χ1n) is 11.6. The second-order valence-corrected chi connectivity index (χ2v) is 9.39. The van der Waals surface area contributed by atoms with Crippen molar-refractivity contribution in [3.05, 3.63) is 69.8 Å². The van der Waals surface area contributed by atoms with Gasteiger partial charge in [-0.15, -0.1) is 11.3 Å². The van der Waals surface area contributed by atoms with E-state index in [9.17, 15) is 13.6 Å². The SMILES string of the molecule is COc1ncccc1OCC(=O)N1CCC(c2nc(C3=NOC(c4c(F)cccc4F)C3)cs2)CC1. The topological polar surface area (TPSA) is 86.1 Å². The summed E-state index contributed by atoms with van der Waals surface area (Å²) in [6, 6.07) is 7.17. The number of halogens is 2. The summed E-state index contributed by atoms with van der Waals surface area (Å²) in [4.78, 5) is 28.5. The largest absolute Gasteiger partial charge is 0.478 e. The molecule has 11 heteroatoms. The summed E-state index contributed by atoms with van der Waals surface area (Å²) in [7, 11) is 1.50. The van der Waals surface area contributed by atoms with Gasteiger partial charge in [0.05, 0.1) is 23.4 Å². The number of aromatic nitrogens is 2. The third-order valence-electron chi connectivity index (χ3n) is 6.29. The molecule has 2 aliphatic rings. The number of likely N-dealkylation sites (tertiary alicyclic amines) is 1. The van der Waals surface area contributed by atoms with Crippen molar-refractivity contribution in [1.29, 1.82) is 0 Å². The number of rotatable bonds is 7. The van der Waals surface area contributed by atoms with Crippen molar-refractivity contribution >= 4 is 23.0 Å². The number of ether oxygens (including phenoxy) is 2. The first kappa shape index (κ1) is 24.1. The molecule has 0 aliphatic carbocycles. The second-order valence-electron chi connectivity index (χ2n) is 8.50. The zero-order valence-electron chi connectivity index (χ0n) is 19.5. The van der Waals surface area contributed by atoms with E-state index in [1.165, 1.54) is 36.6 Å². The minimum Gasteiger partial charge on any atom is -0.478 e. The van der Waals surface area contributed by atoms with E-state index in [0.29, 0.717) is 36.1 Å². The van der Waals surface area contributed by atoms with Gasteiger partial charge >= 0.3 is 0 Å². The van der Waals surface area contributed by atoms with Gasteiger partial charge in [-0.1, -0.05) is 11.2 Å². The van der Waals surface area contributed by atoms with Crippen LogP contribution in [0.5, 0.6) is 11.6 Å². The van der Waals surface area contributed by atoms with Gasteiger partial charge in [0.25, 0.3) is 11.8 Å². The molecule has 1 fully saturated rings. The van der Waals surface area contributed by atoms with Gasteiger partial charge in [0.2, 0.25) is 0 Å². The lowest BCUT2D eigenvalue weighted by molar-refractivity contribution is -0.134. The van der Waals surface area contributed by atoms with Crippen LogP contribution in [0.25, 0.3) is 0 Å². The molecule has 1 unspecified atom stereocenters. The van der Waals surface area contributed by atoms with Crippen LogP contribution in [0.2, 0.25) is 0 Å². The van der Waals surface area contributed by atoms with E-state index in [4.69, 9.17) is 19.3 Å². The molecule has 0 N–H and O–H groups in total. The molecule has 0 spiro atoms. The van der Waals surface area contributed by atoms with Gasteiger partial charge in [0, 0.05) is 37.0 Å². The molecule has 1 amide bonds. The number of nitrogens with zero attached hydrogens (tertiary/aromatic N) is 4.